The van der Waals surface area contributed by atoms with E-state index in [4.69, 9.17) is 0 Å². The maximum absolute atomic E-state index is 12.0. The summed E-state index contributed by atoms with van der Waals surface area (Å²) >= 11 is 0. The molecular formula is C21H42N2O. The van der Waals surface area contributed by atoms with Crippen molar-refractivity contribution in [3.05, 3.63) is 0 Å². The molecule has 0 aliphatic carbocycles. The van der Waals surface area contributed by atoms with Gasteiger partial charge in [-0.05, 0) is 6.42 Å². The van der Waals surface area contributed by atoms with Crippen LogP contribution in [0.15, 0.2) is 0 Å². The molecule has 1 aliphatic rings. The molecule has 1 heterocycles. The van der Waals surface area contributed by atoms with Gasteiger partial charge in [0.1, 0.15) is 0 Å². The van der Waals surface area contributed by atoms with Crippen molar-refractivity contribution in [2.24, 2.45) is 0 Å². The van der Waals surface area contributed by atoms with E-state index < -0.39 is 0 Å². The van der Waals surface area contributed by atoms with Crippen LogP contribution in [-0.2, 0) is 4.79 Å². The van der Waals surface area contributed by atoms with Crippen LogP contribution < -0.4 is 5.32 Å². The van der Waals surface area contributed by atoms with Crippen LogP contribution in [-0.4, -0.2) is 37.0 Å². The Labute approximate surface area is 151 Å². The minimum atomic E-state index is 0.371. The first-order chi connectivity index (χ1) is 11.8. The summed E-state index contributed by atoms with van der Waals surface area (Å²) in [6.45, 7) is 6.01. The summed E-state index contributed by atoms with van der Waals surface area (Å²) in [6, 6.07) is 0. The van der Waals surface area contributed by atoms with Crippen molar-refractivity contribution < 1.29 is 4.79 Å². The van der Waals surface area contributed by atoms with Crippen LogP contribution in [0, 0.1) is 0 Å². The number of amides is 1. The fourth-order valence-electron chi connectivity index (χ4n) is 3.54. The van der Waals surface area contributed by atoms with E-state index in [9.17, 15) is 4.79 Å². The molecule has 0 radical (unpaired) electrons. The molecule has 142 valence electrons. The Morgan fingerprint density at radius 1 is 0.708 bits per heavy atom. The van der Waals surface area contributed by atoms with Gasteiger partial charge < -0.3 is 10.2 Å². The lowest BCUT2D eigenvalue weighted by Crippen LogP contribution is -2.46. The second-order valence-electron chi connectivity index (χ2n) is 7.48. The Balaban J connectivity index is 1.75. The van der Waals surface area contributed by atoms with Gasteiger partial charge in [-0.3, -0.25) is 4.79 Å². The minimum Gasteiger partial charge on any atom is -0.340 e. The molecule has 0 spiro atoms. The molecule has 0 saturated carbocycles. The number of rotatable bonds is 15. The van der Waals surface area contributed by atoms with E-state index in [2.05, 4.69) is 12.2 Å². The zero-order valence-electron chi connectivity index (χ0n) is 16.3. The topological polar surface area (TPSA) is 32.3 Å². The Morgan fingerprint density at radius 3 is 1.58 bits per heavy atom. The van der Waals surface area contributed by atoms with Crippen molar-refractivity contribution in [3.8, 4) is 0 Å². The molecular weight excluding hydrogens is 296 g/mol. The highest BCUT2D eigenvalue weighted by molar-refractivity contribution is 5.76. The molecule has 3 nitrogen and oxygen atoms in total. The minimum absolute atomic E-state index is 0.371. The normalized spacial score (nSPS) is 15.0. The smallest absolute Gasteiger partial charge is 0.222 e. The molecule has 0 bridgehead atoms. The van der Waals surface area contributed by atoms with E-state index in [0.29, 0.717) is 5.91 Å². The summed E-state index contributed by atoms with van der Waals surface area (Å²) in [6.07, 6.45) is 20.0. The Hall–Kier alpha value is -0.570. The van der Waals surface area contributed by atoms with Gasteiger partial charge in [-0.2, -0.15) is 0 Å². The van der Waals surface area contributed by atoms with Crippen LogP contribution in [0.25, 0.3) is 0 Å². The third-order valence-corrected chi connectivity index (χ3v) is 5.21. The first-order valence-electron chi connectivity index (χ1n) is 10.8. The molecule has 0 atom stereocenters. The third-order valence-electron chi connectivity index (χ3n) is 5.21. The summed E-state index contributed by atoms with van der Waals surface area (Å²) in [7, 11) is 0. The van der Waals surface area contributed by atoms with Crippen molar-refractivity contribution in [1.82, 2.24) is 10.2 Å². The summed E-state index contributed by atoms with van der Waals surface area (Å²) in [4.78, 5) is 14.0. The largest absolute Gasteiger partial charge is 0.340 e. The van der Waals surface area contributed by atoms with Crippen molar-refractivity contribution in [3.63, 3.8) is 0 Å². The molecule has 1 fully saturated rings. The SMILES string of the molecule is CCCCCCCCCCCCCCCCC(=O)N1CCNCC1. The van der Waals surface area contributed by atoms with E-state index in [0.717, 1.165) is 39.0 Å². The first-order valence-corrected chi connectivity index (χ1v) is 10.8. The molecule has 0 aromatic rings. The maximum atomic E-state index is 12.0. The van der Waals surface area contributed by atoms with Crippen LogP contribution in [0.3, 0.4) is 0 Å². The highest BCUT2D eigenvalue weighted by Gasteiger charge is 2.14. The Morgan fingerprint density at radius 2 is 1.12 bits per heavy atom. The summed E-state index contributed by atoms with van der Waals surface area (Å²) in [5.74, 6) is 0.371. The lowest BCUT2D eigenvalue weighted by Gasteiger charge is -2.27. The van der Waals surface area contributed by atoms with Crippen molar-refractivity contribution >= 4 is 5.91 Å². The number of carbonyl (C=O) groups is 1. The fourth-order valence-corrected chi connectivity index (χ4v) is 3.54. The second kappa shape index (κ2) is 15.9. The van der Waals surface area contributed by atoms with E-state index in [1.807, 2.05) is 4.90 Å². The summed E-state index contributed by atoms with van der Waals surface area (Å²) in [5, 5.41) is 3.30. The quantitative estimate of drug-likeness (QED) is 0.411. The molecule has 0 unspecified atom stereocenters. The van der Waals surface area contributed by atoms with Gasteiger partial charge in [0.25, 0.3) is 0 Å². The molecule has 1 N–H and O–H groups in total. The zero-order chi connectivity index (χ0) is 17.3. The molecule has 0 aromatic carbocycles. The monoisotopic (exact) mass is 338 g/mol. The zero-order valence-corrected chi connectivity index (χ0v) is 16.3. The van der Waals surface area contributed by atoms with E-state index >= 15 is 0 Å². The van der Waals surface area contributed by atoms with Gasteiger partial charge in [0, 0.05) is 32.6 Å². The van der Waals surface area contributed by atoms with Gasteiger partial charge in [-0.15, -0.1) is 0 Å². The number of unbranched alkanes of at least 4 members (excludes halogenated alkanes) is 13. The fraction of sp³-hybridized carbons (Fsp3) is 0.952. The Bertz CT molecular complexity index is 288. The van der Waals surface area contributed by atoms with Crippen LogP contribution in [0.2, 0.25) is 0 Å². The predicted octanol–water partition coefficient (Wildman–Crippen LogP) is 5.29. The average Bonchev–Trinajstić information content (AvgIpc) is 2.62. The van der Waals surface area contributed by atoms with Crippen molar-refractivity contribution in [1.29, 1.82) is 0 Å². The van der Waals surface area contributed by atoms with Crippen LogP contribution >= 0.6 is 0 Å². The van der Waals surface area contributed by atoms with Crippen LogP contribution in [0.1, 0.15) is 103 Å². The van der Waals surface area contributed by atoms with E-state index in [-0.39, 0.29) is 0 Å². The van der Waals surface area contributed by atoms with Gasteiger partial charge >= 0.3 is 0 Å². The van der Waals surface area contributed by atoms with Gasteiger partial charge in [0.05, 0.1) is 0 Å². The second-order valence-corrected chi connectivity index (χ2v) is 7.48. The summed E-state index contributed by atoms with van der Waals surface area (Å²) in [5.41, 5.74) is 0. The number of nitrogens with one attached hydrogen (secondary N) is 1. The lowest BCUT2D eigenvalue weighted by molar-refractivity contribution is -0.131. The number of piperazine rings is 1. The van der Waals surface area contributed by atoms with Gasteiger partial charge in [-0.1, -0.05) is 90.4 Å². The highest BCUT2D eigenvalue weighted by Crippen LogP contribution is 2.13. The number of hydrogen-bond acceptors (Lipinski definition) is 2. The summed E-state index contributed by atoms with van der Waals surface area (Å²) < 4.78 is 0. The Kier molecular flexibility index (Phi) is 14.3. The molecule has 0 aromatic heterocycles. The molecule has 1 saturated heterocycles. The van der Waals surface area contributed by atoms with Crippen molar-refractivity contribution in [2.75, 3.05) is 26.2 Å². The van der Waals surface area contributed by atoms with Gasteiger partial charge in [0.2, 0.25) is 5.91 Å². The standard InChI is InChI=1S/C21H42N2O/c1-2-3-4-5-6-7-8-9-10-11-12-13-14-15-16-21(24)23-19-17-22-18-20-23/h22H,2-20H2,1H3. The van der Waals surface area contributed by atoms with Crippen molar-refractivity contribution in [2.45, 2.75) is 103 Å². The average molecular weight is 339 g/mol. The first kappa shape index (κ1) is 21.5. The number of hydrogen-bond donors (Lipinski definition) is 1. The highest BCUT2D eigenvalue weighted by atomic mass is 16.2. The maximum Gasteiger partial charge on any atom is 0.222 e. The third kappa shape index (κ3) is 11.9. The number of nitrogens with zero attached hydrogens (tertiary/aromatic N) is 1. The van der Waals surface area contributed by atoms with Crippen LogP contribution in [0.4, 0.5) is 0 Å². The van der Waals surface area contributed by atoms with Gasteiger partial charge in [0.15, 0.2) is 0 Å². The molecule has 24 heavy (non-hydrogen) atoms. The van der Waals surface area contributed by atoms with E-state index in [1.165, 1.54) is 83.5 Å². The molecule has 3 heteroatoms. The number of carbonyl (C=O) groups excluding carboxylic acids is 1. The molecule has 1 rings (SSSR count). The van der Waals surface area contributed by atoms with Crippen LogP contribution in [0.5, 0.6) is 0 Å². The lowest BCUT2D eigenvalue weighted by atomic mass is 10.0. The van der Waals surface area contributed by atoms with E-state index in [1.54, 1.807) is 0 Å². The predicted molar refractivity (Wildman–Crippen MR) is 104 cm³/mol. The van der Waals surface area contributed by atoms with Gasteiger partial charge in [-0.25, -0.2) is 0 Å². The molecule has 1 aliphatic heterocycles. The molecule has 1 amide bonds.